The van der Waals surface area contributed by atoms with Gasteiger partial charge in [0.15, 0.2) is 0 Å². The smallest absolute Gasteiger partial charge is 0.251 e. The molecule has 3 N–H and O–H groups in total. The third-order valence-electron chi connectivity index (χ3n) is 4.78. The highest BCUT2D eigenvalue weighted by atomic mass is 16.1. The van der Waals surface area contributed by atoms with E-state index < -0.39 is 5.91 Å². The van der Waals surface area contributed by atoms with Gasteiger partial charge in [-0.3, -0.25) is 14.9 Å². The highest BCUT2D eigenvalue weighted by Crippen LogP contribution is 2.39. The Balaban J connectivity index is 2.04. The van der Waals surface area contributed by atoms with Gasteiger partial charge in [0.05, 0.1) is 22.6 Å². The fourth-order valence-corrected chi connectivity index (χ4v) is 3.53. The molecule has 0 aliphatic heterocycles. The molecule has 4 nitrogen and oxygen atoms in total. The molecule has 0 aliphatic carbocycles. The zero-order chi connectivity index (χ0) is 19.5. The maximum Gasteiger partial charge on any atom is 0.251 e. The van der Waals surface area contributed by atoms with Crippen LogP contribution >= 0.6 is 0 Å². The number of benzene rings is 3. The van der Waals surface area contributed by atoms with Gasteiger partial charge in [-0.2, -0.15) is 0 Å². The minimum Gasteiger partial charge on any atom is -0.366 e. The molecule has 4 heteroatoms. The number of primary amides is 1. The molecule has 0 fully saturated rings. The number of aromatic nitrogens is 1. The van der Waals surface area contributed by atoms with E-state index in [4.69, 9.17) is 5.73 Å². The molecule has 0 aliphatic rings. The summed E-state index contributed by atoms with van der Waals surface area (Å²) in [6.45, 7) is 1.91. The van der Waals surface area contributed by atoms with Crippen LogP contribution in [0.4, 0.5) is 5.69 Å². The molecule has 1 aromatic heterocycles. The quantitative estimate of drug-likeness (QED) is 0.515. The van der Waals surface area contributed by atoms with Crippen molar-refractivity contribution in [2.75, 3.05) is 5.43 Å². The number of amides is 1. The summed E-state index contributed by atoms with van der Waals surface area (Å²) in [6, 6.07) is 29.8. The van der Waals surface area contributed by atoms with E-state index in [-0.39, 0.29) is 0 Å². The number of para-hydroxylation sites is 1. The molecule has 28 heavy (non-hydrogen) atoms. The molecule has 4 rings (SSSR count). The fourth-order valence-electron chi connectivity index (χ4n) is 3.53. The molecule has 138 valence electrons. The van der Waals surface area contributed by atoms with Crippen molar-refractivity contribution in [2.24, 2.45) is 5.73 Å². The van der Waals surface area contributed by atoms with Gasteiger partial charge in [-0.25, -0.2) is 0 Å². The Bertz CT molecular complexity index is 1100. The number of nitrogens with two attached hydrogens (primary N) is 1. The molecule has 1 amide bonds. The summed E-state index contributed by atoms with van der Waals surface area (Å²) in [4.78, 5) is 12.4. The minimum atomic E-state index is -0.442. The number of carbonyl (C=O) groups is 1. The second-order valence-electron chi connectivity index (χ2n) is 6.59. The van der Waals surface area contributed by atoms with Crippen LogP contribution in [0.25, 0.3) is 22.4 Å². The van der Waals surface area contributed by atoms with E-state index in [1.165, 1.54) is 0 Å². The van der Waals surface area contributed by atoms with Crippen molar-refractivity contribution >= 4 is 11.6 Å². The summed E-state index contributed by atoms with van der Waals surface area (Å²) >= 11 is 0. The maximum atomic E-state index is 12.4. The average Bonchev–Trinajstić information content (AvgIpc) is 3.02. The lowest BCUT2D eigenvalue weighted by atomic mass is 9.97. The predicted molar refractivity (Wildman–Crippen MR) is 114 cm³/mol. The second-order valence-corrected chi connectivity index (χ2v) is 6.59. The molecule has 0 radical (unpaired) electrons. The van der Waals surface area contributed by atoms with Crippen molar-refractivity contribution in [3.05, 3.63) is 102 Å². The first kappa shape index (κ1) is 17.6. The summed E-state index contributed by atoms with van der Waals surface area (Å²) in [5, 5.41) is 0. The van der Waals surface area contributed by atoms with Crippen LogP contribution in [-0.2, 0) is 0 Å². The molecule has 0 atom stereocenters. The van der Waals surface area contributed by atoms with Crippen molar-refractivity contribution in [2.45, 2.75) is 6.92 Å². The molecule has 3 aromatic carbocycles. The average molecular weight is 367 g/mol. The van der Waals surface area contributed by atoms with Gasteiger partial charge >= 0.3 is 0 Å². The lowest BCUT2D eigenvalue weighted by Gasteiger charge is -2.16. The standard InChI is InChI=1S/C24H21N3O/c1-17-21(24(25)28)22(18-11-5-2-6-12-18)23(19-13-7-3-8-14-19)27(17)26-20-15-9-4-10-16-20/h2-16,26H,1H3,(H2,25,28). The first-order valence-corrected chi connectivity index (χ1v) is 9.15. The molecule has 0 bridgehead atoms. The van der Waals surface area contributed by atoms with Gasteiger partial charge in [0.1, 0.15) is 0 Å². The second kappa shape index (κ2) is 7.45. The maximum absolute atomic E-state index is 12.4. The normalized spacial score (nSPS) is 10.6. The van der Waals surface area contributed by atoms with E-state index in [0.29, 0.717) is 5.56 Å². The van der Waals surface area contributed by atoms with Crippen molar-refractivity contribution in [1.29, 1.82) is 0 Å². The van der Waals surface area contributed by atoms with Crippen LogP contribution in [0.2, 0.25) is 0 Å². The highest BCUT2D eigenvalue weighted by molar-refractivity contribution is 6.05. The van der Waals surface area contributed by atoms with E-state index in [9.17, 15) is 4.79 Å². The van der Waals surface area contributed by atoms with Crippen LogP contribution in [0, 0.1) is 6.92 Å². The molecular weight excluding hydrogens is 346 g/mol. The van der Waals surface area contributed by atoms with E-state index in [2.05, 4.69) is 5.43 Å². The number of nitrogens with zero attached hydrogens (tertiary/aromatic N) is 1. The van der Waals surface area contributed by atoms with E-state index in [0.717, 1.165) is 33.8 Å². The van der Waals surface area contributed by atoms with Crippen molar-refractivity contribution in [1.82, 2.24) is 4.68 Å². The molecular formula is C24H21N3O. The Morgan fingerprint density at radius 1 is 0.786 bits per heavy atom. The number of anilines is 1. The van der Waals surface area contributed by atoms with Crippen LogP contribution < -0.4 is 11.2 Å². The fraction of sp³-hybridized carbons (Fsp3) is 0.0417. The molecule has 1 heterocycles. The van der Waals surface area contributed by atoms with Gasteiger partial charge in [-0.05, 0) is 24.6 Å². The summed E-state index contributed by atoms with van der Waals surface area (Å²) < 4.78 is 1.95. The monoisotopic (exact) mass is 367 g/mol. The molecule has 0 saturated heterocycles. The Labute approximate surface area is 164 Å². The number of rotatable bonds is 5. The Hall–Kier alpha value is -3.79. The summed E-state index contributed by atoms with van der Waals surface area (Å²) in [7, 11) is 0. The van der Waals surface area contributed by atoms with Crippen LogP contribution in [0.3, 0.4) is 0 Å². The Morgan fingerprint density at radius 3 is 1.82 bits per heavy atom. The summed E-state index contributed by atoms with van der Waals surface area (Å²) in [6.07, 6.45) is 0. The third kappa shape index (κ3) is 3.16. The number of hydrogen-bond donors (Lipinski definition) is 2. The first-order valence-electron chi connectivity index (χ1n) is 9.15. The van der Waals surface area contributed by atoms with Gasteiger partial charge in [0, 0.05) is 11.1 Å². The molecule has 0 saturated carbocycles. The topological polar surface area (TPSA) is 60.1 Å². The Kier molecular flexibility index (Phi) is 4.68. The number of nitrogens with one attached hydrogen (secondary N) is 1. The zero-order valence-corrected chi connectivity index (χ0v) is 15.6. The number of hydrogen-bond acceptors (Lipinski definition) is 2. The van der Waals surface area contributed by atoms with Crippen LogP contribution in [0.15, 0.2) is 91.0 Å². The molecule has 0 unspecified atom stereocenters. The van der Waals surface area contributed by atoms with Crippen molar-refractivity contribution < 1.29 is 4.79 Å². The van der Waals surface area contributed by atoms with Crippen LogP contribution in [0.5, 0.6) is 0 Å². The third-order valence-corrected chi connectivity index (χ3v) is 4.78. The highest BCUT2D eigenvalue weighted by Gasteiger charge is 2.26. The van der Waals surface area contributed by atoms with E-state index >= 15 is 0 Å². The summed E-state index contributed by atoms with van der Waals surface area (Å²) in [5.41, 5.74) is 15.2. The van der Waals surface area contributed by atoms with Gasteiger partial charge in [0.2, 0.25) is 0 Å². The lowest BCUT2D eigenvalue weighted by molar-refractivity contribution is 0.100. The van der Waals surface area contributed by atoms with Crippen molar-refractivity contribution in [3.8, 4) is 22.4 Å². The molecule has 4 aromatic rings. The van der Waals surface area contributed by atoms with Crippen LogP contribution in [0.1, 0.15) is 16.1 Å². The first-order chi connectivity index (χ1) is 13.7. The zero-order valence-electron chi connectivity index (χ0n) is 15.6. The van der Waals surface area contributed by atoms with Crippen LogP contribution in [-0.4, -0.2) is 10.6 Å². The Morgan fingerprint density at radius 2 is 1.29 bits per heavy atom. The lowest BCUT2D eigenvalue weighted by Crippen LogP contribution is -2.16. The summed E-state index contributed by atoms with van der Waals surface area (Å²) in [5.74, 6) is -0.442. The SMILES string of the molecule is Cc1c(C(N)=O)c(-c2ccccc2)c(-c2ccccc2)n1Nc1ccccc1. The molecule has 0 spiro atoms. The number of carbonyl (C=O) groups excluding carboxylic acids is 1. The van der Waals surface area contributed by atoms with Gasteiger partial charge in [0.25, 0.3) is 5.91 Å². The van der Waals surface area contributed by atoms with Gasteiger partial charge in [-0.15, -0.1) is 0 Å². The van der Waals surface area contributed by atoms with Crippen molar-refractivity contribution in [3.63, 3.8) is 0 Å². The predicted octanol–water partition coefficient (Wildman–Crippen LogP) is 5.10. The van der Waals surface area contributed by atoms with Gasteiger partial charge < -0.3 is 5.73 Å². The minimum absolute atomic E-state index is 0.442. The van der Waals surface area contributed by atoms with Gasteiger partial charge in [-0.1, -0.05) is 78.9 Å². The van der Waals surface area contributed by atoms with E-state index in [1.807, 2.05) is 103 Å². The largest absolute Gasteiger partial charge is 0.366 e. The van der Waals surface area contributed by atoms with E-state index in [1.54, 1.807) is 0 Å².